The summed E-state index contributed by atoms with van der Waals surface area (Å²) < 4.78 is 90.3. The molecule has 2 amide bonds. The van der Waals surface area contributed by atoms with Crippen LogP contribution in [0.1, 0.15) is 73.6 Å². The predicted molar refractivity (Wildman–Crippen MR) is 189 cm³/mol. The first-order chi connectivity index (χ1) is 23.9. The molecule has 0 bridgehead atoms. The van der Waals surface area contributed by atoms with Crippen molar-refractivity contribution in [3.8, 4) is 11.8 Å². The largest absolute Gasteiger partial charge is 0.380 e. The highest BCUT2D eigenvalue weighted by Gasteiger charge is 2.84. The first kappa shape index (κ1) is 36.9. The lowest BCUT2D eigenvalue weighted by Gasteiger charge is -2.47. The summed E-state index contributed by atoms with van der Waals surface area (Å²) in [7, 11) is 0. The minimum absolute atomic E-state index is 0.0115. The monoisotopic (exact) mass is 743 g/mol. The van der Waals surface area contributed by atoms with Gasteiger partial charge in [0.15, 0.2) is 0 Å². The Hall–Kier alpha value is -3.89. The van der Waals surface area contributed by atoms with Crippen LogP contribution in [0.15, 0.2) is 81.8 Å². The molecule has 2 aromatic rings. The predicted octanol–water partition coefficient (Wildman–Crippen LogP) is 8.86. The van der Waals surface area contributed by atoms with Gasteiger partial charge in [0.2, 0.25) is 0 Å². The number of carbonyl (C=O) groups is 2. The standard InChI is InChI=1S/C38H35F6N3O2S2/c1-7-46(8-2)32(48)27-18-22(19-28(45-27)33(49)47(9-3)10-4)16-17-24-20-25-30-31(37(41,42)38(43,44)36(30,39)40)26-21-29(23-14-12-11-13-15-23)51-35(26,6)34(25,5)50-24/h11-15,18-21H,7-10H2,1-6H3/t34-,35-/m0/s1. The quantitative estimate of drug-likeness (QED) is 0.210. The number of pyridine rings is 1. The van der Waals surface area contributed by atoms with Crippen LogP contribution in [0.4, 0.5) is 26.3 Å². The first-order valence-corrected chi connectivity index (χ1v) is 18.2. The molecular formula is C38H35F6N3O2S2. The SMILES string of the molecule is CCN(CC)C(=O)c1cc(C#CC2=CC3=C4C(=C5C=C(c6ccccc6)S[C@]5(C)[C@@]3(C)S2)C(F)(F)C(F)(F)C4(F)F)cc(C(=O)N(CC)CC)n1. The van der Waals surface area contributed by atoms with E-state index >= 15 is 26.3 Å². The van der Waals surface area contributed by atoms with Gasteiger partial charge in [-0.25, -0.2) is 4.98 Å². The highest BCUT2D eigenvalue weighted by Crippen LogP contribution is 2.74. The van der Waals surface area contributed by atoms with Crippen LogP contribution in [0, 0.1) is 11.8 Å². The normalized spacial score (nSPS) is 24.9. The Bertz CT molecular complexity index is 1980. The van der Waals surface area contributed by atoms with Gasteiger partial charge in [-0.1, -0.05) is 42.2 Å². The number of amides is 2. The van der Waals surface area contributed by atoms with Crippen LogP contribution in [-0.2, 0) is 0 Å². The molecule has 0 saturated heterocycles. The molecule has 0 unspecified atom stereocenters. The van der Waals surface area contributed by atoms with E-state index in [1.54, 1.807) is 71.9 Å². The van der Waals surface area contributed by atoms with Crippen molar-refractivity contribution in [3.63, 3.8) is 0 Å². The molecule has 2 aliphatic carbocycles. The number of carbonyl (C=O) groups excluding carboxylic acids is 2. The lowest BCUT2D eigenvalue weighted by molar-refractivity contribution is -0.258. The maximum Gasteiger partial charge on any atom is 0.380 e. The fourth-order valence-corrected chi connectivity index (χ4v) is 10.0. The summed E-state index contributed by atoms with van der Waals surface area (Å²) in [6.07, 6.45) is 2.54. The van der Waals surface area contributed by atoms with Gasteiger partial charge in [0, 0.05) is 47.8 Å². The van der Waals surface area contributed by atoms with Crippen molar-refractivity contribution >= 4 is 40.2 Å². The van der Waals surface area contributed by atoms with Gasteiger partial charge in [-0.15, -0.1) is 23.5 Å². The molecule has 5 nitrogen and oxygen atoms in total. The van der Waals surface area contributed by atoms with Crippen LogP contribution >= 0.6 is 23.5 Å². The molecule has 1 aromatic heterocycles. The summed E-state index contributed by atoms with van der Waals surface area (Å²) in [6.45, 7) is 12.0. The fourth-order valence-electron chi connectivity index (χ4n) is 7.02. The fraction of sp³-hybridized carbons (Fsp3) is 0.395. The van der Waals surface area contributed by atoms with Gasteiger partial charge in [-0.05, 0) is 82.5 Å². The van der Waals surface area contributed by atoms with E-state index in [0.29, 0.717) is 36.6 Å². The topological polar surface area (TPSA) is 53.5 Å². The number of rotatable bonds is 7. The summed E-state index contributed by atoms with van der Waals surface area (Å²) in [5, 5.41) is 0. The number of hydrogen-bond donors (Lipinski definition) is 0. The van der Waals surface area contributed by atoms with Crippen molar-refractivity contribution in [2.75, 3.05) is 26.2 Å². The number of thioether (sulfide) groups is 2. The molecule has 0 radical (unpaired) electrons. The van der Waals surface area contributed by atoms with E-state index in [1.807, 2.05) is 0 Å². The van der Waals surface area contributed by atoms with Crippen molar-refractivity contribution < 1.29 is 35.9 Å². The summed E-state index contributed by atoms with van der Waals surface area (Å²) in [4.78, 5) is 34.7. The van der Waals surface area contributed by atoms with Crippen LogP contribution in [0.3, 0.4) is 0 Å². The van der Waals surface area contributed by atoms with Crippen molar-refractivity contribution in [3.05, 3.63) is 104 Å². The third-order valence-corrected chi connectivity index (χ3v) is 13.3. The molecule has 1 fully saturated rings. The van der Waals surface area contributed by atoms with Crippen molar-refractivity contribution in [2.45, 2.75) is 68.8 Å². The molecule has 0 spiro atoms. The van der Waals surface area contributed by atoms with Gasteiger partial charge >= 0.3 is 17.8 Å². The Morgan fingerprint density at radius 1 is 0.706 bits per heavy atom. The molecule has 3 heterocycles. The van der Waals surface area contributed by atoms with Crippen molar-refractivity contribution in [2.24, 2.45) is 0 Å². The number of hydrogen-bond acceptors (Lipinski definition) is 5. The smallest absolute Gasteiger partial charge is 0.338 e. The second kappa shape index (κ2) is 12.7. The number of fused-ring (bicyclic) bond motifs is 4. The van der Waals surface area contributed by atoms with E-state index in [2.05, 4.69) is 16.8 Å². The lowest BCUT2D eigenvalue weighted by atomic mass is 9.71. The van der Waals surface area contributed by atoms with E-state index in [4.69, 9.17) is 0 Å². The van der Waals surface area contributed by atoms with Crippen LogP contribution in [0.5, 0.6) is 0 Å². The zero-order valence-electron chi connectivity index (χ0n) is 28.8. The summed E-state index contributed by atoms with van der Waals surface area (Å²) in [5.41, 5.74) is -2.47. The number of aromatic nitrogens is 1. The third-order valence-electron chi connectivity index (χ3n) is 10.1. The van der Waals surface area contributed by atoms with Crippen LogP contribution in [-0.4, -0.2) is 80.0 Å². The van der Waals surface area contributed by atoms with E-state index in [-0.39, 0.29) is 33.0 Å². The Morgan fingerprint density at radius 3 is 1.67 bits per heavy atom. The molecule has 2 aliphatic heterocycles. The highest BCUT2D eigenvalue weighted by atomic mass is 32.2. The molecule has 0 N–H and O–H groups in total. The number of benzene rings is 1. The number of halogens is 6. The van der Waals surface area contributed by atoms with Crippen LogP contribution in [0.2, 0.25) is 0 Å². The Morgan fingerprint density at radius 2 is 1.18 bits per heavy atom. The molecule has 1 aromatic carbocycles. The van der Waals surface area contributed by atoms with E-state index in [0.717, 1.165) is 11.8 Å². The molecule has 4 aliphatic rings. The Labute approximate surface area is 301 Å². The first-order valence-electron chi connectivity index (χ1n) is 16.6. The summed E-state index contributed by atoms with van der Waals surface area (Å²) in [6, 6.07) is 11.6. The van der Waals surface area contributed by atoms with Crippen molar-refractivity contribution in [1.82, 2.24) is 14.8 Å². The summed E-state index contributed by atoms with van der Waals surface area (Å²) in [5.74, 6) is -11.0. The number of allylic oxidation sites excluding steroid dienone is 5. The van der Waals surface area contributed by atoms with E-state index in [9.17, 15) is 9.59 Å². The average Bonchev–Trinajstić information content (AvgIpc) is 3.68. The lowest BCUT2D eigenvalue weighted by Crippen LogP contribution is -2.48. The highest BCUT2D eigenvalue weighted by molar-refractivity contribution is 8.12. The molecule has 268 valence electrons. The maximum absolute atomic E-state index is 15.7. The minimum Gasteiger partial charge on any atom is -0.338 e. The van der Waals surface area contributed by atoms with Gasteiger partial charge in [-0.2, -0.15) is 26.3 Å². The molecule has 13 heteroatoms. The molecule has 1 saturated carbocycles. The molecular weight excluding hydrogens is 709 g/mol. The second-order valence-corrected chi connectivity index (χ2v) is 15.7. The van der Waals surface area contributed by atoms with Crippen LogP contribution in [0.25, 0.3) is 4.91 Å². The van der Waals surface area contributed by atoms with E-state index < -0.39 is 50.2 Å². The zero-order chi connectivity index (χ0) is 37.3. The van der Waals surface area contributed by atoms with Crippen molar-refractivity contribution in [1.29, 1.82) is 0 Å². The zero-order valence-corrected chi connectivity index (χ0v) is 30.4. The maximum atomic E-state index is 15.7. The van der Waals surface area contributed by atoms with Gasteiger partial charge < -0.3 is 9.80 Å². The second-order valence-electron chi connectivity index (χ2n) is 12.8. The van der Waals surface area contributed by atoms with Gasteiger partial charge in [0.1, 0.15) is 11.4 Å². The van der Waals surface area contributed by atoms with E-state index in [1.165, 1.54) is 45.8 Å². The molecule has 2 atom stereocenters. The Kier molecular flexibility index (Phi) is 9.15. The summed E-state index contributed by atoms with van der Waals surface area (Å²) >= 11 is 2.20. The van der Waals surface area contributed by atoms with Gasteiger partial charge in [-0.3, -0.25) is 9.59 Å². The minimum atomic E-state index is -5.67. The number of nitrogens with zero attached hydrogens (tertiary/aromatic N) is 3. The molecule has 51 heavy (non-hydrogen) atoms. The number of alkyl halides is 6. The third kappa shape index (κ3) is 5.30. The van der Waals surface area contributed by atoms with Gasteiger partial charge in [0.05, 0.1) is 14.4 Å². The van der Waals surface area contributed by atoms with Gasteiger partial charge in [0.25, 0.3) is 11.8 Å². The molecule has 6 rings (SSSR count). The Balaban J connectivity index is 1.51. The van der Waals surface area contributed by atoms with Crippen LogP contribution < -0.4 is 0 Å². The average molecular weight is 744 g/mol.